The lowest BCUT2D eigenvalue weighted by molar-refractivity contribution is 0.322. The maximum Gasteiger partial charge on any atom is 0.0702 e. The van der Waals surface area contributed by atoms with Gasteiger partial charge in [0.05, 0.1) is 12.1 Å². The second-order valence-corrected chi connectivity index (χ2v) is 4.41. The zero-order chi connectivity index (χ0) is 10.5. The Balaban J connectivity index is 2.16. The summed E-state index contributed by atoms with van der Waals surface area (Å²) in [6, 6.07) is 10.3. The molecule has 78 valence electrons. The number of hydrogen-bond donors (Lipinski definition) is 1. The summed E-state index contributed by atoms with van der Waals surface area (Å²) >= 11 is 1.74. The van der Waals surface area contributed by atoms with E-state index in [-0.39, 0.29) is 6.61 Å². The van der Waals surface area contributed by atoms with E-state index in [9.17, 15) is 0 Å². The quantitative estimate of drug-likeness (QED) is 0.802. The number of aliphatic hydroxyl groups is 1. The molecule has 0 bridgehead atoms. The fourth-order valence-electron chi connectivity index (χ4n) is 1.47. The first-order valence-corrected chi connectivity index (χ1v) is 6.08. The van der Waals surface area contributed by atoms with Gasteiger partial charge in [0.2, 0.25) is 0 Å². The van der Waals surface area contributed by atoms with Crippen molar-refractivity contribution < 1.29 is 5.11 Å². The molecule has 0 spiro atoms. The topological polar surface area (TPSA) is 33.1 Å². The third-order valence-electron chi connectivity index (χ3n) is 2.17. The molecule has 1 N–H and O–H groups in total. The van der Waals surface area contributed by atoms with Gasteiger partial charge in [-0.1, -0.05) is 12.1 Å². The molecule has 0 amide bonds. The molecular formula is C12H13NOS. The highest BCUT2D eigenvalue weighted by Crippen LogP contribution is 2.17. The predicted octanol–water partition coefficient (Wildman–Crippen LogP) is 2.46. The Bertz CT molecular complexity index is 444. The molecule has 0 unspecified atom stereocenters. The summed E-state index contributed by atoms with van der Waals surface area (Å²) in [5, 5.41) is 9.87. The van der Waals surface area contributed by atoms with E-state index in [1.54, 1.807) is 11.8 Å². The minimum atomic E-state index is 0.250. The van der Waals surface area contributed by atoms with Gasteiger partial charge in [0.25, 0.3) is 0 Å². The number of benzene rings is 1. The number of pyridine rings is 1. The van der Waals surface area contributed by atoms with Crippen LogP contribution in [0.15, 0.2) is 36.5 Å². The van der Waals surface area contributed by atoms with E-state index in [0.29, 0.717) is 0 Å². The van der Waals surface area contributed by atoms with Crippen LogP contribution in [0.2, 0.25) is 0 Å². The van der Waals surface area contributed by atoms with Crippen molar-refractivity contribution in [3.05, 3.63) is 42.1 Å². The van der Waals surface area contributed by atoms with E-state index < -0.39 is 0 Å². The Morgan fingerprint density at radius 1 is 1.27 bits per heavy atom. The molecule has 0 radical (unpaired) electrons. The minimum Gasteiger partial charge on any atom is -0.396 e. The smallest absolute Gasteiger partial charge is 0.0702 e. The van der Waals surface area contributed by atoms with Crippen LogP contribution < -0.4 is 0 Å². The standard InChI is InChI=1S/C12H13NOS/c14-6-7-15-9-10-3-4-12-11(8-10)2-1-5-13-12/h1-5,8,14H,6-7,9H2. The van der Waals surface area contributed by atoms with Crippen molar-refractivity contribution in [2.45, 2.75) is 5.75 Å². The van der Waals surface area contributed by atoms with Crippen molar-refractivity contribution in [3.63, 3.8) is 0 Å². The summed E-state index contributed by atoms with van der Waals surface area (Å²) in [7, 11) is 0. The van der Waals surface area contributed by atoms with Gasteiger partial charge < -0.3 is 5.11 Å². The number of aliphatic hydroxyl groups excluding tert-OH is 1. The number of hydrogen-bond acceptors (Lipinski definition) is 3. The molecule has 0 saturated carbocycles. The van der Waals surface area contributed by atoms with Crippen LogP contribution in [-0.2, 0) is 5.75 Å². The highest BCUT2D eigenvalue weighted by molar-refractivity contribution is 7.98. The Hall–Kier alpha value is -1.06. The summed E-state index contributed by atoms with van der Waals surface area (Å²) in [6.45, 7) is 0.250. The van der Waals surface area contributed by atoms with E-state index in [1.807, 2.05) is 18.3 Å². The van der Waals surface area contributed by atoms with Crippen molar-refractivity contribution in [1.82, 2.24) is 4.98 Å². The zero-order valence-electron chi connectivity index (χ0n) is 8.39. The first kappa shape index (κ1) is 10.5. The van der Waals surface area contributed by atoms with Gasteiger partial charge in [-0.05, 0) is 23.8 Å². The first-order valence-electron chi connectivity index (χ1n) is 4.92. The van der Waals surface area contributed by atoms with Crippen molar-refractivity contribution in [3.8, 4) is 0 Å². The maximum absolute atomic E-state index is 8.69. The van der Waals surface area contributed by atoms with E-state index in [2.05, 4.69) is 23.2 Å². The molecule has 0 saturated heterocycles. The van der Waals surface area contributed by atoms with Crippen LogP contribution in [0.25, 0.3) is 10.9 Å². The Morgan fingerprint density at radius 3 is 3.07 bits per heavy atom. The molecule has 2 aromatic rings. The summed E-state index contributed by atoms with van der Waals surface area (Å²) < 4.78 is 0. The summed E-state index contributed by atoms with van der Waals surface area (Å²) in [5.74, 6) is 1.75. The number of nitrogens with zero attached hydrogens (tertiary/aromatic N) is 1. The number of rotatable bonds is 4. The van der Waals surface area contributed by atoms with E-state index >= 15 is 0 Å². The highest BCUT2D eigenvalue weighted by Gasteiger charge is 1.97. The monoisotopic (exact) mass is 219 g/mol. The average Bonchev–Trinajstić information content (AvgIpc) is 2.29. The van der Waals surface area contributed by atoms with Crippen molar-refractivity contribution in [2.24, 2.45) is 0 Å². The lowest BCUT2D eigenvalue weighted by atomic mass is 10.1. The molecular weight excluding hydrogens is 206 g/mol. The van der Waals surface area contributed by atoms with E-state index in [4.69, 9.17) is 5.11 Å². The Kier molecular flexibility index (Phi) is 3.59. The molecule has 0 aliphatic heterocycles. The molecule has 1 aromatic carbocycles. The molecule has 0 aliphatic rings. The van der Waals surface area contributed by atoms with Crippen LogP contribution in [0.4, 0.5) is 0 Å². The molecule has 3 heteroatoms. The van der Waals surface area contributed by atoms with Crippen LogP contribution in [0, 0.1) is 0 Å². The molecule has 0 fully saturated rings. The number of thioether (sulfide) groups is 1. The largest absolute Gasteiger partial charge is 0.396 e. The van der Waals surface area contributed by atoms with Gasteiger partial charge in [-0.25, -0.2) is 0 Å². The van der Waals surface area contributed by atoms with Crippen molar-refractivity contribution >= 4 is 22.7 Å². The molecule has 2 nitrogen and oxygen atoms in total. The third-order valence-corrected chi connectivity index (χ3v) is 3.18. The molecule has 15 heavy (non-hydrogen) atoms. The van der Waals surface area contributed by atoms with Gasteiger partial charge in [0.1, 0.15) is 0 Å². The number of fused-ring (bicyclic) bond motifs is 1. The zero-order valence-corrected chi connectivity index (χ0v) is 9.20. The molecule has 0 atom stereocenters. The van der Waals surface area contributed by atoms with Crippen LogP contribution in [0.3, 0.4) is 0 Å². The summed E-state index contributed by atoms with van der Waals surface area (Å²) in [6.07, 6.45) is 1.81. The summed E-state index contributed by atoms with van der Waals surface area (Å²) in [5.41, 5.74) is 2.32. The molecule has 0 aliphatic carbocycles. The van der Waals surface area contributed by atoms with Gasteiger partial charge in [0, 0.05) is 23.1 Å². The Morgan fingerprint density at radius 2 is 2.20 bits per heavy atom. The van der Waals surface area contributed by atoms with Crippen LogP contribution >= 0.6 is 11.8 Å². The predicted molar refractivity (Wildman–Crippen MR) is 65.0 cm³/mol. The van der Waals surface area contributed by atoms with Gasteiger partial charge in [-0.15, -0.1) is 0 Å². The molecule has 2 rings (SSSR count). The van der Waals surface area contributed by atoms with Crippen LogP contribution in [-0.4, -0.2) is 22.5 Å². The second kappa shape index (κ2) is 5.14. The second-order valence-electron chi connectivity index (χ2n) is 3.31. The van der Waals surface area contributed by atoms with Gasteiger partial charge in [-0.2, -0.15) is 11.8 Å². The SMILES string of the molecule is OCCSCc1ccc2ncccc2c1. The van der Waals surface area contributed by atoms with Crippen molar-refractivity contribution in [2.75, 3.05) is 12.4 Å². The van der Waals surface area contributed by atoms with Crippen molar-refractivity contribution in [1.29, 1.82) is 0 Å². The van der Waals surface area contributed by atoms with Gasteiger partial charge >= 0.3 is 0 Å². The van der Waals surface area contributed by atoms with Gasteiger partial charge in [-0.3, -0.25) is 4.98 Å². The normalized spacial score (nSPS) is 10.7. The molecule has 1 aromatic heterocycles. The van der Waals surface area contributed by atoms with Crippen LogP contribution in [0.5, 0.6) is 0 Å². The van der Waals surface area contributed by atoms with Gasteiger partial charge in [0.15, 0.2) is 0 Å². The molecule has 1 heterocycles. The minimum absolute atomic E-state index is 0.250. The lowest BCUT2D eigenvalue weighted by Gasteiger charge is -2.02. The maximum atomic E-state index is 8.69. The van der Waals surface area contributed by atoms with E-state index in [0.717, 1.165) is 17.0 Å². The third kappa shape index (κ3) is 2.70. The lowest BCUT2D eigenvalue weighted by Crippen LogP contribution is -1.88. The summed E-state index contributed by atoms with van der Waals surface area (Å²) in [4.78, 5) is 4.27. The highest BCUT2D eigenvalue weighted by atomic mass is 32.2. The number of aromatic nitrogens is 1. The average molecular weight is 219 g/mol. The fraction of sp³-hybridized carbons (Fsp3) is 0.250. The fourth-order valence-corrected chi connectivity index (χ4v) is 2.16. The Labute approximate surface area is 93.3 Å². The van der Waals surface area contributed by atoms with Crippen LogP contribution in [0.1, 0.15) is 5.56 Å². The van der Waals surface area contributed by atoms with E-state index in [1.165, 1.54) is 10.9 Å². The first-order chi connectivity index (χ1) is 7.40.